The molecule has 0 fully saturated rings. The standard InChI is InChI=1S/C17H15N3O3S/c1-11-8-14(12(2)20(11)17-19-6-7-24-17)15(21)10-23-16(22)13-4-3-5-18-9-13/h3-9H,10H2,1-2H3. The van der Waals surface area contributed by atoms with Gasteiger partial charge in [-0.05, 0) is 32.0 Å². The van der Waals surface area contributed by atoms with Crippen LogP contribution in [0.5, 0.6) is 0 Å². The third-order valence-corrected chi connectivity index (χ3v) is 4.33. The smallest absolute Gasteiger partial charge is 0.340 e. The van der Waals surface area contributed by atoms with Crippen LogP contribution in [0.4, 0.5) is 0 Å². The lowest BCUT2D eigenvalue weighted by Gasteiger charge is -2.06. The van der Waals surface area contributed by atoms with Gasteiger partial charge >= 0.3 is 5.97 Å². The number of nitrogens with zero attached hydrogens (tertiary/aromatic N) is 3. The topological polar surface area (TPSA) is 74.1 Å². The van der Waals surface area contributed by atoms with Crippen LogP contribution in [0.1, 0.15) is 32.1 Å². The average Bonchev–Trinajstić information content (AvgIpc) is 3.21. The first-order valence-corrected chi connectivity index (χ1v) is 8.15. The molecule has 3 heterocycles. The van der Waals surface area contributed by atoms with Gasteiger partial charge in [-0.2, -0.15) is 0 Å². The van der Waals surface area contributed by atoms with Gasteiger partial charge in [-0.1, -0.05) is 0 Å². The van der Waals surface area contributed by atoms with Crippen molar-refractivity contribution in [3.8, 4) is 5.13 Å². The van der Waals surface area contributed by atoms with Gasteiger partial charge in [0.2, 0.25) is 5.78 Å². The van der Waals surface area contributed by atoms with E-state index in [4.69, 9.17) is 4.74 Å². The van der Waals surface area contributed by atoms with Crippen molar-refractivity contribution in [2.24, 2.45) is 0 Å². The number of carbonyl (C=O) groups is 2. The Hall–Kier alpha value is -2.80. The number of aryl methyl sites for hydroxylation is 1. The highest BCUT2D eigenvalue weighted by atomic mass is 32.1. The summed E-state index contributed by atoms with van der Waals surface area (Å²) >= 11 is 1.49. The molecule has 3 aromatic rings. The van der Waals surface area contributed by atoms with Gasteiger partial charge in [-0.25, -0.2) is 9.78 Å². The van der Waals surface area contributed by atoms with E-state index in [1.807, 2.05) is 23.8 Å². The first kappa shape index (κ1) is 16.1. The fraction of sp³-hybridized carbons (Fsp3) is 0.176. The van der Waals surface area contributed by atoms with E-state index in [9.17, 15) is 9.59 Å². The number of rotatable bonds is 5. The minimum atomic E-state index is -0.565. The van der Waals surface area contributed by atoms with Crippen LogP contribution in [0.3, 0.4) is 0 Å². The van der Waals surface area contributed by atoms with Crippen LogP contribution in [-0.4, -0.2) is 32.9 Å². The third kappa shape index (κ3) is 3.11. The Bertz CT molecular complexity index is 870. The van der Waals surface area contributed by atoms with Crippen LogP contribution in [0.25, 0.3) is 5.13 Å². The van der Waals surface area contributed by atoms with E-state index in [0.717, 1.165) is 16.5 Å². The van der Waals surface area contributed by atoms with Crippen molar-refractivity contribution in [1.82, 2.24) is 14.5 Å². The minimum Gasteiger partial charge on any atom is -0.454 e. The number of aromatic nitrogens is 3. The molecule has 0 amide bonds. The largest absolute Gasteiger partial charge is 0.454 e. The summed E-state index contributed by atoms with van der Waals surface area (Å²) in [5.74, 6) is -0.812. The summed E-state index contributed by atoms with van der Waals surface area (Å²) in [7, 11) is 0. The van der Waals surface area contributed by atoms with Crippen molar-refractivity contribution in [1.29, 1.82) is 0 Å². The van der Waals surface area contributed by atoms with Gasteiger partial charge in [0, 0.05) is 40.9 Å². The molecule has 0 N–H and O–H groups in total. The van der Waals surface area contributed by atoms with E-state index < -0.39 is 5.97 Å². The van der Waals surface area contributed by atoms with E-state index in [-0.39, 0.29) is 12.4 Å². The number of carbonyl (C=O) groups excluding carboxylic acids is 2. The molecule has 3 rings (SSSR count). The Morgan fingerprint density at radius 3 is 2.79 bits per heavy atom. The summed E-state index contributed by atoms with van der Waals surface area (Å²) in [6.07, 6.45) is 4.69. The van der Waals surface area contributed by atoms with Crippen LogP contribution in [0.15, 0.2) is 42.2 Å². The van der Waals surface area contributed by atoms with Crippen LogP contribution in [0.2, 0.25) is 0 Å². The SMILES string of the molecule is Cc1cc(C(=O)COC(=O)c2cccnc2)c(C)n1-c1nccs1. The molecule has 0 aliphatic carbocycles. The summed E-state index contributed by atoms with van der Waals surface area (Å²) in [6, 6.07) is 5.02. The van der Waals surface area contributed by atoms with Crippen LogP contribution in [0, 0.1) is 13.8 Å². The van der Waals surface area contributed by atoms with E-state index >= 15 is 0 Å². The number of Topliss-reactive ketones (excluding diaryl/α,β-unsaturated/α-hetero) is 1. The van der Waals surface area contributed by atoms with Gasteiger partial charge in [0.15, 0.2) is 11.7 Å². The molecule has 0 spiro atoms. The quantitative estimate of drug-likeness (QED) is 0.527. The van der Waals surface area contributed by atoms with Crippen molar-refractivity contribution in [3.63, 3.8) is 0 Å². The summed E-state index contributed by atoms with van der Waals surface area (Å²) in [6.45, 7) is 3.45. The number of hydrogen-bond acceptors (Lipinski definition) is 6. The Balaban J connectivity index is 1.74. The lowest BCUT2D eigenvalue weighted by molar-refractivity contribution is 0.0474. The number of hydrogen-bond donors (Lipinski definition) is 0. The first-order valence-electron chi connectivity index (χ1n) is 7.27. The Kier molecular flexibility index (Phi) is 4.52. The van der Waals surface area contributed by atoms with Gasteiger partial charge in [-0.3, -0.25) is 14.3 Å². The fourth-order valence-electron chi connectivity index (χ4n) is 2.44. The van der Waals surface area contributed by atoms with Crippen LogP contribution >= 0.6 is 11.3 Å². The molecule has 0 aliphatic rings. The van der Waals surface area contributed by atoms with Crippen molar-refractivity contribution in [2.45, 2.75) is 13.8 Å². The summed E-state index contributed by atoms with van der Waals surface area (Å²) in [5.41, 5.74) is 2.54. The maximum atomic E-state index is 12.4. The van der Waals surface area contributed by atoms with E-state index in [1.54, 1.807) is 30.6 Å². The highest BCUT2D eigenvalue weighted by molar-refractivity contribution is 7.12. The summed E-state index contributed by atoms with van der Waals surface area (Å²) < 4.78 is 7.01. The molecule has 0 saturated heterocycles. The maximum Gasteiger partial charge on any atom is 0.340 e. The van der Waals surface area contributed by atoms with Gasteiger partial charge in [0.25, 0.3) is 0 Å². The molecule has 0 atom stereocenters. The number of esters is 1. The number of ketones is 1. The zero-order valence-corrected chi connectivity index (χ0v) is 14.0. The Morgan fingerprint density at radius 2 is 2.12 bits per heavy atom. The molecule has 3 aromatic heterocycles. The van der Waals surface area contributed by atoms with Crippen molar-refractivity contribution in [2.75, 3.05) is 6.61 Å². The van der Waals surface area contributed by atoms with Gasteiger partial charge in [-0.15, -0.1) is 11.3 Å². The number of pyridine rings is 1. The zero-order valence-electron chi connectivity index (χ0n) is 13.2. The predicted molar refractivity (Wildman–Crippen MR) is 89.8 cm³/mol. The van der Waals surface area contributed by atoms with Crippen LogP contribution in [-0.2, 0) is 4.74 Å². The predicted octanol–water partition coefficient (Wildman–Crippen LogP) is 2.99. The second-order valence-electron chi connectivity index (χ2n) is 5.18. The zero-order chi connectivity index (χ0) is 17.1. The number of thiazole rings is 1. The monoisotopic (exact) mass is 341 g/mol. The lowest BCUT2D eigenvalue weighted by Crippen LogP contribution is -2.15. The molecule has 24 heavy (non-hydrogen) atoms. The summed E-state index contributed by atoms with van der Waals surface area (Å²) in [5, 5.41) is 2.68. The molecular formula is C17H15N3O3S. The van der Waals surface area contributed by atoms with E-state index in [2.05, 4.69) is 9.97 Å². The summed E-state index contributed by atoms with van der Waals surface area (Å²) in [4.78, 5) is 32.4. The van der Waals surface area contributed by atoms with Gasteiger partial charge in [0.05, 0.1) is 5.56 Å². The second-order valence-corrected chi connectivity index (χ2v) is 6.05. The van der Waals surface area contributed by atoms with Crippen molar-refractivity contribution < 1.29 is 14.3 Å². The van der Waals surface area contributed by atoms with Crippen molar-refractivity contribution in [3.05, 3.63) is 64.7 Å². The van der Waals surface area contributed by atoms with Crippen molar-refractivity contribution >= 4 is 23.1 Å². The Morgan fingerprint density at radius 1 is 1.29 bits per heavy atom. The highest BCUT2D eigenvalue weighted by Crippen LogP contribution is 2.22. The molecule has 0 radical (unpaired) electrons. The second kappa shape index (κ2) is 6.76. The molecule has 0 saturated carbocycles. The molecule has 0 unspecified atom stereocenters. The molecule has 6 nitrogen and oxygen atoms in total. The van der Waals surface area contributed by atoms with Gasteiger partial charge < -0.3 is 4.74 Å². The van der Waals surface area contributed by atoms with E-state index in [0.29, 0.717) is 11.1 Å². The van der Waals surface area contributed by atoms with Crippen LogP contribution < -0.4 is 0 Å². The molecule has 7 heteroatoms. The molecule has 122 valence electrons. The maximum absolute atomic E-state index is 12.4. The van der Waals surface area contributed by atoms with Gasteiger partial charge in [0.1, 0.15) is 0 Å². The average molecular weight is 341 g/mol. The third-order valence-electron chi connectivity index (χ3n) is 3.57. The van der Waals surface area contributed by atoms with E-state index in [1.165, 1.54) is 17.5 Å². The molecule has 0 aromatic carbocycles. The normalized spacial score (nSPS) is 10.6. The molecule has 0 bridgehead atoms. The highest BCUT2D eigenvalue weighted by Gasteiger charge is 2.19. The minimum absolute atomic E-state index is 0.247. The lowest BCUT2D eigenvalue weighted by atomic mass is 10.1. The molecular weight excluding hydrogens is 326 g/mol. The fourth-order valence-corrected chi connectivity index (χ4v) is 3.19. The first-order chi connectivity index (χ1) is 11.6. The number of ether oxygens (including phenoxy) is 1. The Labute approximate surface area is 142 Å². The molecule has 0 aliphatic heterocycles.